The monoisotopic (exact) mass is 416 g/mol. The number of nitrogens with one attached hydrogen (secondary N) is 1. The number of amides is 1. The van der Waals surface area contributed by atoms with Crippen molar-refractivity contribution < 1.29 is 23.4 Å². The minimum absolute atomic E-state index is 0.168. The quantitative estimate of drug-likeness (QED) is 0.645. The fourth-order valence-electron chi connectivity index (χ4n) is 3.32. The first kappa shape index (κ1) is 22.1. The number of carbonyl (C=O) groups is 1. The van der Waals surface area contributed by atoms with Crippen LogP contribution in [-0.4, -0.2) is 56.9 Å². The molecule has 6 nitrogen and oxygen atoms in total. The molecule has 162 valence electrons. The average Bonchev–Trinajstić information content (AvgIpc) is 2.77. The third-order valence-corrected chi connectivity index (χ3v) is 5.08. The normalized spacial score (nSPS) is 14.5. The summed E-state index contributed by atoms with van der Waals surface area (Å²) in [5, 5.41) is 2.80. The van der Waals surface area contributed by atoms with Crippen molar-refractivity contribution in [3.63, 3.8) is 0 Å². The highest BCUT2D eigenvalue weighted by atomic mass is 19.1. The number of nitrogens with zero attached hydrogens (tertiary/aromatic N) is 1. The lowest BCUT2D eigenvalue weighted by molar-refractivity contribution is -0.123. The van der Waals surface area contributed by atoms with Gasteiger partial charge in [-0.05, 0) is 49.7 Å². The van der Waals surface area contributed by atoms with Crippen molar-refractivity contribution in [2.75, 3.05) is 40.0 Å². The van der Waals surface area contributed by atoms with Gasteiger partial charge in [0, 0.05) is 38.4 Å². The Morgan fingerprint density at radius 3 is 2.63 bits per heavy atom. The van der Waals surface area contributed by atoms with E-state index < -0.39 is 5.82 Å². The summed E-state index contributed by atoms with van der Waals surface area (Å²) in [6.45, 7) is 3.31. The molecule has 0 unspecified atom stereocenters. The molecule has 0 radical (unpaired) electrons. The number of hydrogen-bond acceptors (Lipinski definition) is 5. The SMILES string of the molecule is CN(CCOc1cccc(CNC(=O)COc2cccc(F)c2)c1)C1CCOCC1. The summed E-state index contributed by atoms with van der Waals surface area (Å²) in [5.41, 5.74) is 0.935. The molecule has 0 bridgehead atoms. The third-order valence-electron chi connectivity index (χ3n) is 5.08. The van der Waals surface area contributed by atoms with Crippen LogP contribution in [0.15, 0.2) is 48.5 Å². The van der Waals surface area contributed by atoms with Crippen LogP contribution in [0, 0.1) is 5.82 Å². The van der Waals surface area contributed by atoms with Crippen LogP contribution in [0.3, 0.4) is 0 Å². The number of carbonyl (C=O) groups excluding carboxylic acids is 1. The third kappa shape index (κ3) is 7.31. The molecule has 0 saturated carbocycles. The first-order valence-corrected chi connectivity index (χ1v) is 10.2. The number of benzene rings is 2. The Morgan fingerprint density at radius 2 is 1.87 bits per heavy atom. The van der Waals surface area contributed by atoms with Crippen molar-refractivity contribution in [2.24, 2.45) is 0 Å². The molecule has 1 heterocycles. The van der Waals surface area contributed by atoms with Crippen LogP contribution in [0.5, 0.6) is 11.5 Å². The summed E-state index contributed by atoms with van der Waals surface area (Å²) < 4.78 is 29.7. The average molecular weight is 416 g/mol. The van der Waals surface area contributed by atoms with Gasteiger partial charge in [0.1, 0.15) is 23.9 Å². The maximum atomic E-state index is 13.1. The van der Waals surface area contributed by atoms with Crippen LogP contribution in [0.4, 0.5) is 4.39 Å². The molecule has 1 fully saturated rings. The molecule has 0 aromatic heterocycles. The van der Waals surface area contributed by atoms with Gasteiger partial charge in [-0.25, -0.2) is 4.39 Å². The highest BCUT2D eigenvalue weighted by Gasteiger charge is 2.18. The topological polar surface area (TPSA) is 60.0 Å². The highest BCUT2D eigenvalue weighted by Crippen LogP contribution is 2.15. The molecular formula is C23H29FN2O4. The van der Waals surface area contributed by atoms with E-state index in [1.54, 1.807) is 6.07 Å². The van der Waals surface area contributed by atoms with Crippen LogP contribution < -0.4 is 14.8 Å². The molecule has 1 aliphatic rings. The van der Waals surface area contributed by atoms with Gasteiger partial charge in [-0.1, -0.05) is 18.2 Å². The first-order valence-electron chi connectivity index (χ1n) is 10.2. The van der Waals surface area contributed by atoms with Crippen LogP contribution in [0.2, 0.25) is 0 Å². The minimum Gasteiger partial charge on any atom is -0.492 e. The van der Waals surface area contributed by atoms with E-state index in [2.05, 4.69) is 17.3 Å². The van der Waals surface area contributed by atoms with Crippen LogP contribution in [-0.2, 0) is 16.1 Å². The Hall–Kier alpha value is -2.64. The molecule has 1 aliphatic heterocycles. The van der Waals surface area contributed by atoms with Gasteiger partial charge in [0.05, 0.1) is 0 Å². The molecule has 1 saturated heterocycles. The molecule has 0 atom stereocenters. The van der Waals surface area contributed by atoms with Crippen LogP contribution in [0.1, 0.15) is 18.4 Å². The number of halogens is 1. The largest absolute Gasteiger partial charge is 0.492 e. The lowest BCUT2D eigenvalue weighted by Gasteiger charge is -2.31. The van der Waals surface area contributed by atoms with Gasteiger partial charge in [-0.3, -0.25) is 9.69 Å². The summed E-state index contributed by atoms with van der Waals surface area (Å²) in [4.78, 5) is 14.3. The number of ether oxygens (including phenoxy) is 3. The fourth-order valence-corrected chi connectivity index (χ4v) is 3.32. The highest BCUT2D eigenvalue weighted by molar-refractivity contribution is 5.77. The van der Waals surface area contributed by atoms with Crippen LogP contribution >= 0.6 is 0 Å². The van der Waals surface area contributed by atoms with E-state index in [1.165, 1.54) is 18.2 Å². The first-order chi connectivity index (χ1) is 14.6. The van der Waals surface area contributed by atoms with E-state index >= 15 is 0 Å². The Kier molecular flexibility index (Phi) is 8.47. The van der Waals surface area contributed by atoms with Gasteiger partial charge in [0.15, 0.2) is 6.61 Å². The second kappa shape index (κ2) is 11.5. The fraction of sp³-hybridized carbons (Fsp3) is 0.435. The molecule has 2 aromatic rings. The van der Waals surface area contributed by atoms with E-state index in [4.69, 9.17) is 14.2 Å². The summed E-state index contributed by atoms with van der Waals surface area (Å²) in [7, 11) is 2.12. The molecule has 0 aliphatic carbocycles. The second-order valence-electron chi connectivity index (χ2n) is 7.34. The molecule has 30 heavy (non-hydrogen) atoms. The summed E-state index contributed by atoms with van der Waals surface area (Å²) in [5.74, 6) is 0.428. The molecule has 1 N–H and O–H groups in total. The Labute approximate surface area is 176 Å². The van der Waals surface area contributed by atoms with E-state index in [0.717, 1.165) is 43.9 Å². The van der Waals surface area contributed by atoms with Crippen molar-refractivity contribution in [2.45, 2.75) is 25.4 Å². The zero-order chi connectivity index (χ0) is 21.2. The van der Waals surface area contributed by atoms with Gasteiger partial charge < -0.3 is 19.5 Å². The summed E-state index contributed by atoms with van der Waals surface area (Å²) in [6.07, 6.45) is 2.13. The Bertz CT molecular complexity index is 811. The molecule has 7 heteroatoms. The predicted octanol–water partition coefficient (Wildman–Crippen LogP) is 3.01. The van der Waals surface area contributed by atoms with Crippen LogP contribution in [0.25, 0.3) is 0 Å². The lowest BCUT2D eigenvalue weighted by atomic mass is 10.1. The van der Waals surface area contributed by atoms with E-state index in [0.29, 0.717) is 24.9 Å². The summed E-state index contributed by atoms with van der Waals surface area (Å²) >= 11 is 0. The molecular weight excluding hydrogens is 387 g/mol. The van der Waals surface area contributed by atoms with Gasteiger partial charge in [0.25, 0.3) is 5.91 Å². The van der Waals surface area contributed by atoms with E-state index in [-0.39, 0.29) is 12.5 Å². The molecule has 3 rings (SSSR count). The van der Waals surface area contributed by atoms with Gasteiger partial charge in [-0.2, -0.15) is 0 Å². The van der Waals surface area contributed by atoms with E-state index in [1.807, 2.05) is 24.3 Å². The van der Waals surface area contributed by atoms with Gasteiger partial charge >= 0.3 is 0 Å². The smallest absolute Gasteiger partial charge is 0.258 e. The second-order valence-corrected chi connectivity index (χ2v) is 7.34. The number of likely N-dealkylation sites (N-methyl/N-ethyl adjacent to an activating group) is 1. The number of rotatable bonds is 10. The van der Waals surface area contributed by atoms with Gasteiger partial charge in [0.2, 0.25) is 0 Å². The molecule has 2 aromatic carbocycles. The zero-order valence-corrected chi connectivity index (χ0v) is 17.3. The van der Waals surface area contributed by atoms with Crippen molar-refractivity contribution in [1.82, 2.24) is 10.2 Å². The molecule has 1 amide bonds. The van der Waals surface area contributed by atoms with E-state index in [9.17, 15) is 9.18 Å². The number of hydrogen-bond donors (Lipinski definition) is 1. The van der Waals surface area contributed by atoms with Gasteiger partial charge in [-0.15, -0.1) is 0 Å². The van der Waals surface area contributed by atoms with Crippen molar-refractivity contribution in [3.05, 3.63) is 59.9 Å². The standard InChI is InChI=1S/C23H29FN2O4/c1-26(20-8-11-28-12-9-20)10-13-29-21-6-2-4-18(14-21)16-25-23(27)17-30-22-7-3-5-19(24)15-22/h2-7,14-15,20H,8-13,16-17H2,1H3,(H,25,27). The van der Waals surface area contributed by atoms with Crippen molar-refractivity contribution in [1.29, 1.82) is 0 Å². The maximum absolute atomic E-state index is 13.1. The molecule has 0 spiro atoms. The maximum Gasteiger partial charge on any atom is 0.258 e. The minimum atomic E-state index is -0.399. The Morgan fingerprint density at radius 1 is 1.13 bits per heavy atom. The van der Waals surface area contributed by atoms with Crippen molar-refractivity contribution in [3.8, 4) is 11.5 Å². The summed E-state index contributed by atoms with van der Waals surface area (Å²) in [6, 6.07) is 13.9. The Balaban J connectivity index is 1.37. The lowest BCUT2D eigenvalue weighted by Crippen LogP contribution is -2.38. The predicted molar refractivity (Wildman–Crippen MR) is 112 cm³/mol. The zero-order valence-electron chi connectivity index (χ0n) is 17.3. The van der Waals surface area contributed by atoms with Crippen molar-refractivity contribution >= 4 is 5.91 Å².